The number of rotatable bonds is 2. The summed E-state index contributed by atoms with van der Waals surface area (Å²) < 4.78 is 24.5. The minimum atomic E-state index is -0.735. The standard InChI is InChI=1S/C20H18FN3O3/c21-16-4-1-3-14(10-16)19-18(24(22)20(25)27-19)15-9-13(11-23-12-15)6-7-17-5-2-8-26-17/h1,3-4,9-12,17-19H,2,5,8,22H2/t17?,18-,19-/m1/s1. The monoisotopic (exact) mass is 367 g/mol. The molecule has 1 aromatic carbocycles. The lowest BCUT2D eigenvalue weighted by molar-refractivity contribution is 0.129. The van der Waals surface area contributed by atoms with Gasteiger partial charge in [0.25, 0.3) is 0 Å². The van der Waals surface area contributed by atoms with E-state index in [4.69, 9.17) is 15.3 Å². The molecule has 0 spiro atoms. The zero-order chi connectivity index (χ0) is 18.8. The predicted molar refractivity (Wildman–Crippen MR) is 94.5 cm³/mol. The molecule has 2 saturated heterocycles. The van der Waals surface area contributed by atoms with Gasteiger partial charge in [-0.15, -0.1) is 0 Å². The van der Waals surface area contributed by atoms with Crippen molar-refractivity contribution in [2.24, 2.45) is 5.84 Å². The van der Waals surface area contributed by atoms with Crippen molar-refractivity contribution in [3.63, 3.8) is 0 Å². The Morgan fingerprint density at radius 1 is 1.26 bits per heavy atom. The Balaban J connectivity index is 1.65. The Bertz CT molecular complexity index is 918. The van der Waals surface area contributed by atoms with E-state index in [0.717, 1.165) is 24.5 Å². The van der Waals surface area contributed by atoms with Gasteiger partial charge in [0.15, 0.2) is 6.10 Å². The summed E-state index contributed by atoms with van der Waals surface area (Å²) >= 11 is 0. The zero-order valence-corrected chi connectivity index (χ0v) is 14.5. The molecule has 1 amide bonds. The average molecular weight is 367 g/mol. The second kappa shape index (κ2) is 7.35. The number of carbonyl (C=O) groups is 1. The summed E-state index contributed by atoms with van der Waals surface area (Å²) in [6.45, 7) is 0.733. The van der Waals surface area contributed by atoms with Gasteiger partial charge in [-0.3, -0.25) is 4.98 Å². The topological polar surface area (TPSA) is 77.7 Å². The van der Waals surface area contributed by atoms with E-state index in [0.29, 0.717) is 16.7 Å². The van der Waals surface area contributed by atoms with E-state index in [2.05, 4.69) is 16.8 Å². The first-order chi connectivity index (χ1) is 13.1. The lowest BCUT2D eigenvalue weighted by atomic mass is 9.96. The third-order valence-electron chi connectivity index (χ3n) is 4.61. The molecule has 1 aromatic heterocycles. The van der Waals surface area contributed by atoms with E-state index in [1.165, 1.54) is 12.1 Å². The van der Waals surface area contributed by atoms with E-state index >= 15 is 0 Å². The number of hydrogen-bond acceptors (Lipinski definition) is 5. The van der Waals surface area contributed by atoms with E-state index < -0.39 is 24.1 Å². The molecule has 7 heteroatoms. The molecule has 2 N–H and O–H groups in total. The first-order valence-electron chi connectivity index (χ1n) is 8.70. The smallest absolute Gasteiger partial charge is 0.425 e. The van der Waals surface area contributed by atoms with Gasteiger partial charge in [-0.05, 0) is 42.2 Å². The predicted octanol–water partition coefficient (Wildman–Crippen LogP) is 2.86. The van der Waals surface area contributed by atoms with Crippen LogP contribution in [0.25, 0.3) is 0 Å². The third-order valence-corrected chi connectivity index (χ3v) is 4.61. The van der Waals surface area contributed by atoms with Crippen LogP contribution in [0.15, 0.2) is 42.7 Å². The summed E-state index contributed by atoms with van der Waals surface area (Å²) in [4.78, 5) is 16.2. The Morgan fingerprint density at radius 3 is 2.93 bits per heavy atom. The molecule has 2 aromatic rings. The van der Waals surface area contributed by atoms with Gasteiger partial charge in [0, 0.05) is 24.6 Å². The Labute approximate surface area is 156 Å². The highest BCUT2D eigenvalue weighted by Crippen LogP contribution is 2.41. The van der Waals surface area contributed by atoms with Crippen molar-refractivity contribution in [1.82, 2.24) is 9.99 Å². The lowest BCUT2D eigenvalue weighted by Crippen LogP contribution is -2.34. The maximum Gasteiger partial charge on any atom is 0.425 e. The van der Waals surface area contributed by atoms with Crippen LogP contribution in [-0.2, 0) is 9.47 Å². The number of ether oxygens (including phenoxy) is 2. The van der Waals surface area contributed by atoms with Crippen molar-refractivity contribution < 1.29 is 18.7 Å². The van der Waals surface area contributed by atoms with Crippen LogP contribution in [0.1, 0.15) is 41.7 Å². The van der Waals surface area contributed by atoms with E-state index in [1.54, 1.807) is 24.5 Å². The van der Waals surface area contributed by atoms with Crippen LogP contribution in [0, 0.1) is 17.7 Å². The van der Waals surface area contributed by atoms with Crippen molar-refractivity contribution in [3.05, 3.63) is 65.2 Å². The molecule has 6 nitrogen and oxygen atoms in total. The molecule has 0 bridgehead atoms. The summed E-state index contributed by atoms with van der Waals surface area (Å²) in [7, 11) is 0. The quantitative estimate of drug-likeness (QED) is 0.502. The van der Waals surface area contributed by atoms with Crippen molar-refractivity contribution in [3.8, 4) is 11.8 Å². The minimum absolute atomic E-state index is 0.0592. The van der Waals surface area contributed by atoms with Crippen LogP contribution >= 0.6 is 0 Å². The number of amides is 1. The Kier molecular flexibility index (Phi) is 4.75. The molecule has 3 atom stereocenters. The number of nitrogens with two attached hydrogens (primary N) is 1. The highest BCUT2D eigenvalue weighted by atomic mass is 19.1. The van der Waals surface area contributed by atoms with Gasteiger partial charge >= 0.3 is 6.09 Å². The molecule has 4 rings (SSSR count). The second-order valence-electron chi connectivity index (χ2n) is 6.49. The molecule has 27 heavy (non-hydrogen) atoms. The zero-order valence-electron chi connectivity index (χ0n) is 14.5. The first-order valence-corrected chi connectivity index (χ1v) is 8.70. The highest BCUT2D eigenvalue weighted by Gasteiger charge is 2.42. The molecule has 0 saturated carbocycles. The van der Waals surface area contributed by atoms with Crippen molar-refractivity contribution >= 4 is 6.09 Å². The van der Waals surface area contributed by atoms with Gasteiger partial charge in [-0.1, -0.05) is 24.0 Å². The van der Waals surface area contributed by atoms with Crippen molar-refractivity contribution in [2.75, 3.05) is 6.61 Å². The lowest BCUT2D eigenvalue weighted by Gasteiger charge is -2.21. The fourth-order valence-corrected chi connectivity index (χ4v) is 3.31. The van der Waals surface area contributed by atoms with Crippen LogP contribution in [0.2, 0.25) is 0 Å². The second-order valence-corrected chi connectivity index (χ2v) is 6.49. The Morgan fingerprint density at radius 2 is 2.15 bits per heavy atom. The molecular formula is C20H18FN3O3. The number of nitrogens with zero attached hydrogens (tertiary/aromatic N) is 2. The van der Waals surface area contributed by atoms with Crippen LogP contribution < -0.4 is 5.84 Å². The maximum atomic E-state index is 13.6. The fraction of sp³-hybridized carbons (Fsp3) is 0.300. The molecule has 0 radical (unpaired) electrons. The van der Waals surface area contributed by atoms with Gasteiger partial charge < -0.3 is 9.47 Å². The number of benzene rings is 1. The molecule has 138 valence electrons. The summed E-state index contributed by atoms with van der Waals surface area (Å²) in [5.41, 5.74) is 1.88. The molecule has 2 fully saturated rings. The summed E-state index contributed by atoms with van der Waals surface area (Å²) in [5, 5.41) is 1.00. The van der Waals surface area contributed by atoms with Gasteiger partial charge in [-0.25, -0.2) is 20.0 Å². The average Bonchev–Trinajstić information content (AvgIpc) is 3.29. The molecule has 0 aliphatic carbocycles. The summed E-state index contributed by atoms with van der Waals surface area (Å²) in [6.07, 6.45) is 3.71. The third kappa shape index (κ3) is 3.63. The Hall–Kier alpha value is -2.95. The maximum absolute atomic E-state index is 13.6. The number of aromatic nitrogens is 1. The SMILES string of the molecule is NN1C(=O)O[C@H](c2cccc(F)c2)[C@H]1c1cncc(C#CC2CCCO2)c1. The van der Waals surface area contributed by atoms with E-state index in [1.807, 2.05) is 6.07 Å². The number of pyridine rings is 1. The number of cyclic esters (lactones) is 1. The van der Waals surface area contributed by atoms with Crippen molar-refractivity contribution in [2.45, 2.75) is 31.1 Å². The largest absolute Gasteiger partial charge is 0.438 e. The minimum Gasteiger partial charge on any atom is -0.438 e. The summed E-state index contributed by atoms with van der Waals surface area (Å²) in [6, 6.07) is 7.11. The fourth-order valence-electron chi connectivity index (χ4n) is 3.31. The van der Waals surface area contributed by atoms with Crippen LogP contribution in [0.5, 0.6) is 0 Å². The molecule has 2 aliphatic heterocycles. The molecule has 3 heterocycles. The highest BCUT2D eigenvalue weighted by molar-refractivity contribution is 5.71. The molecular weight excluding hydrogens is 349 g/mol. The molecule has 2 aliphatic rings. The van der Waals surface area contributed by atoms with Crippen LogP contribution in [0.4, 0.5) is 9.18 Å². The number of hydrogen-bond donors (Lipinski definition) is 1. The van der Waals surface area contributed by atoms with Gasteiger partial charge in [0.1, 0.15) is 18.0 Å². The van der Waals surface area contributed by atoms with Gasteiger partial charge in [-0.2, -0.15) is 0 Å². The van der Waals surface area contributed by atoms with Crippen LogP contribution in [0.3, 0.4) is 0 Å². The number of halogens is 1. The number of carbonyl (C=O) groups excluding carboxylic acids is 1. The van der Waals surface area contributed by atoms with Gasteiger partial charge in [0.2, 0.25) is 0 Å². The molecule has 1 unspecified atom stereocenters. The normalized spacial score (nSPS) is 24.4. The van der Waals surface area contributed by atoms with Gasteiger partial charge in [0.05, 0.1) is 0 Å². The summed E-state index contributed by atoms with van der Waals surface area (Å²) in [5.74, 6) is 11.7. The van der Waals surface area contributed by atoms with Crippen molar-refractivity contribution in [1.29, 1.82) is 0 Å². The number of hydrazine groups is 1. The van der Waals surface area contributed by atoms with E-state index in [9.17, 15) is 9.18 Å². The van der Waals surface area contributed by atoms with Crippen LogP contribution in [-0.4, -0.2) is 28.8 Å². The van der Waals surface area contributed by atoms with E-state index in [-0.39, 0.29) is 6.10 Å². The first kappa shape index (κ1) is 17.5.